The van der Waals surface area contributed by atoms with Crippen molar-refractivity contribution in [3.05, 3.63) is 39.6 Å². The number of nitrogens with two attached hydrogens (primary N) is 1. The Kier molecular flexibility index (Phi) is 5.49. The molecule has 0 aliphatic rings. The lowest BCUT2D eigenvalue weighted by Crippen LogP contribution is -2.17. The first-order chi connectivity index (χ1) is 7.58. The predicted octanol–water partition coefficient (Wildman–Crippen LogP) is 3.40. The number of aliphatic hydroxyl groups is 1. The van der Waals surface area contributed by atoms with Gasteiger partial charge in [0.2, 0.25) is 0 Å². The molecule has 2 nitrogen and oxygen atoms in total. The Morgan fingerprint density at radius 2 is 2.12 bits per heavy atom. The second kappa shape index (κ2) is 6.40. The van der Waals surface area contributed by atoms with Crippen molar-refractivity contribution in [2.45, 2.75) is 0 Å². The summed E-state index contributed by atoms with van der Waals surface area (Å²) in [5, 5.41) is 10.7. The number of aliphatic hydroxyl groups excluding tert-OH is 1. The molecule has 0 saturated carbocycles. The summed E-state index contributed by atoms with van der Waals surface area (Å²) in [5.41, 5.74) is 6.28. The molecule has 0 spiro atoms. The average Bonchev–Trinajstić information content (AvgIpc) is 2.25. The van der Waals surface area contributed by atoms with Crippen molar-refractivity contribution in [1.82, 2.24) is 0 Å². The zero-order valence-corrected chi connectivity index (χ0v) is 10.9. The van der Waals surface area contributed by atoms with E-state index >= 15 is 0 Å². The summed E-state index contributed by atoms with van der Waals surface area (Å²) in [6.45, 7) is 0.354. The van der Waals surface area contributed by atoms with E-state index in [1.807, 2.05) is 0 Å². The third kappa shape index (κ3) is 3.59. The maximum atomic E-state index is 9.78. The van der Waals surface area contributed by atoms with Crippen LogP contribution in [0.15, 0.2) is 24.0 Å². The van der Waals surface area contributed by atoms with Crippen molar-refractivity contribution in [3.63, 3.8) is 0 Å². The van der Waals surface area contributed by atoms with Crippen molar-refractivity contribution in [2.75, 3.05) is 12.3 Å². The summed E-state index contributed by atoms with van der Waals surface area (Å²) in [6, 6.07) is 5.14. The highest BCUT2D eigenvalue weighted by atomic mass is 35.5. The van der Waals surface area contributed by atoms with Crippen LogP contribution in [0.25, 0.3) is 6.08 Å². The fourth-order valence-corrected chi connectivity index (χ4v) is 1.82. The molecule has 88 valence electrons. The smallest absolute Gasteiger partial charge is 0.0980 e. The van der Waals surface area contributed by atoms with Crippen LogP contribution < -0.4 is 5.73 Å². The van der Waals surface area contributed by atoms with Gasteiger partial charge in [0.05, 0.1) is 15.8 Å². The van der Waals surface area contributed by atoms with Crippen LogP contribution in [0.4, 0.5) is 0 Å². The molecule has 0 fully saturated rings. The average molecular weight is 278 g/mol. The van der Waals surface area contributed by atoms with E-state index in [0.717, 1.165) is 5.56 Å². The lowest BCUT2D eigenvalue weighted by molar-refractivity contribution is 0.352. The van der Waals surface area contributed by atoms with E-state index in [4.69, 9.17) is 28.9 Å². The van der Waals surface area contributed by atoms with Gasteiger partial charge in [-0.25, -0.2) is 0 Å². The monoisotopic (exact) mass is 277 g/mol. The highest BCUT2D eigenvalue weighted by molar-refractivity contribution is 7.80. The molecule has 5 heteroatoms. The third-order valence-electron chi connectivity index (χ3n) is 2.18. The molecule has 0 aromatic heterocycles. The van der Waals surface area contributed by atoms with Gasteiger partial charge in [0.1, 0.15) is 0 Å². The molecule has 0 bridgehead atoms. The zero-order chi connectivity index (χ0) is 12.1. The molecular formula is C11H13Cl2NOS. The quantitative estimate of drug-likeness (QED) is 0.584. The molecule has 3 N–H and O–H groups in total. The largest absolute Gasteiger partial charge is 0.512 e. The van der Waals surface area contributed by atoms with Gasteiger partial charge in [0.25, 0.3) is 0 Å². The van der Waals surface area contributed by atoms with E-state index in [9.17, 15) is 5.11 Å². The SMILES string of the molecule is NC[C@H](CS)/C(O)=C/c1ccc(Cl)c(Cl)c1. The van der Waals surface area contributed by atoms with Gasteiger partial charge in [-0.15, -0.1) is 0 Å². The standard InChI is InChI=1S/C11H13Cl2NOS/c12-9-2-1-7(3-10(9)13)4-11(15)8(5-14)6-16/h1-4,8,15-16H,5-6,14H2/b11-4-/t8-/m1/s1. The summed E-state index contributed by atoms with van der Waals surface area (Å²) in [5.74, 6) is 0.564. The van der Waals surface area contributed by atoms with E-state index in [1.165, 1.54) is 0 Å². The second-order valence-electron chi connectivity index (χ2n) is 3.36. The van der Waals surface area contributed by atoms with Crippen LogP contribution in [-0.4, -0.2) is 17.4 Å². The predicted molar refractivity (Wildman–Crippen MR) is 73.5 cm³/mol. The topological polar surface area (TPSA) is 46.2 Å². The molecule has 0 radical (unpaired) electrons. The summed E-state index contributed by atoms with van der Waals surface area (Å²) >= 11 is 15.8. The Labute approximate surface area is 110 Å². The van der Waals surface area contributed by atoms with Crippen molar-refractivity contribution in [3.8, 4) is 0 Å². The highest BCUT2D eigenvalue weighted by Crippen LogP contribution is 2.24. The molecule has 0 amide bonds. The number of halogens is 2. The van der Waals surface area contributed by atoms with Crippen LogP contribution in [0, 0.1) is 5.92 Å². The minimum atomic E-state index is -0.141. The summed E-state index contributed by atoms with van der Waals surface area (Å²) in [6.07, 6.45) is 1.62. The molecule has 0 heterocycles. The molecule has 1 atom stereocenters. The van der Waals surface area contributed by atoms with Gasteiger partial charge in [0, 0.05) is 18.2 Å². The third-order valence-corrected chi connectivity index (χ3v) is 3.36. The number of hydrogen-bond donors (Lipinski definition) is 3. The molecule has 1 rings (SSSR count). The van der Waals surface area contributed by atoms with Crippen LogP contribution in [0.2, 0.25) is 10.0 Å². The lowest BCUT2D eigenvalue weighted by atomic mass is 10.1. The Bertz CT molecular complexity index is 392. The first kappa shape index (κ1) is 13.7. The van der Waals surface area contributed by atoms with Gasteiger partial charge in [-0.2, -0.15) is 12.6 Å². The van der Waals surface area contributed by atoms with E-state index in [2.05, 4.69) is 12.6 Å². The minimum absolute atomic E-state index is 0.141. The van der Waals surface area contributed by atoms with E-state index in [0.29, 0.717) is 22.3 Å². The van der Waals surface area contributed by atoms with Crippen LogP contribution in [0.1, 0.15) is 5.56 Å². The first-order valence-electron chi connectivity index (χ1n) is 4.75. The molecule has 0 unspecified atom stereocenters. The summed E-state index contributed by atoms with van der Waals surface area (Å²) < 4.78 is 0. The van der Waals surface area contributed by atoms with E-state index in [-0.39, 0.29) is 11.7 Å². The zero-order valence-electron chi connectivity index (χ0n) is 8.53. The van der Waals surface area contributed by atoms with E-state index in [1.54, 1.807) is 24.3 Å². The van der Waals surface area contributed by atoms with Crippen molar-refractivity contribution >= 4 is 41.9 Å². The van der Waals surface area contributed by atoms with Crippen molar-refractivity contribution in [2.24, 2.45) is 11.7 Å². The number of rotatable bonds is 4. The molecule has 1 aromatic rings. The lowest BCUT2D eigenvalue weighted by Gasteiger charge is -2.10. The minimum Gasteiger partial charge on any atom is -0.512 e. The van der Waals surface area contributed by atoms with Crippen LogP contribution in [0.3, 0.4) is 0 Å². The van der Waals surface area contributed by atoms with Gasteiger partial charge >= 0.3 is 0 Å². The molecule has 0 saturated heterocycles. The normalized spacial score (nSPS) is 13.9. The fourth-order valence-electron chi connectivity index (χ4n) is 1.18. The fraction of sp³-hybridized carbons (Fsp3) is 0.273. The van der Waals surface area contributed by atoms with E-state index < -0.39 is 0 Å². The maximum Gasteiger partial charge on any atom is 0.0980 e. The first-order valence-corrected chi connectivity index (χ1v) is 6.13. The highest BCUT2D eigenvalue weighted by Gasteiger charge is 2.09. The maximum absolute atomic E-state index is 9.78. The van der Waals surface area contributed by atoms with Gasteiger partial charge in [-0.1, -0.05) is 29.3 Å². The molecule has 0 aliphatic carbocycles. The van der Waals surface area contributed by atoms with Crippen molar-refractivity contribution < 1.29 is 5.11 Å². The Morgan fingerprint density at radius 1 is 1.44 bits per heavy atom. The van der Waals surface area contributed by atoms with Gasteiger partial charge < -0.3 is 10.8 Å². The Hall–Kier alpha value is -0.350. The van der Waals surface area contributed by atoms with Gasteiger partial charge in [0.15, 0.2) is 0 Å². The van der Waals surface area contributed by atoms with Crippen LogP contribution in [-0.2, 0) is 0 Å². The molecule has 16 heavy (non-hydrogen) atoms. The number of hydrogen-bond acceptors (Lipinski definition) is 3. The van der Waals surface area contributed by atoms with Crippen molar-refractivity contribution in [1.29, 1.82) is 0 Å². The van der Waals surface area contributed by atoms with Crippen LogP contribution >= 0.6 is 35.8 Å². The number of benzene rings is 1. The molecule has 1 aromatic carbocycles. The Balaban J connectivity index is 2.93. The van der Waals surface area contributed by atoms with Gasteiger partial charge in [-0.3, -0.25) is 0 Å². The van der Waals surface area contributed by atoms with Gasteiger partial charge in [-0.05, 0) is 23.8 Å². The molecular weight excluding hydrogens is 265 g/mol. The summed E-state index contributed by atoms with van der Waals surface area (Å²) in [4.78, 5) is 0. The second-order valence-corrected chi connectivity index (χ2v) is 4.54. The number of thiol groups is 1. The molecule has 0 aliphatic heterocycles. The Morgan fingerprint density at radius 3 is 2.62 bits per heavy atom. The van der Waals surface area contributed by atoms with Crippen LogP contribution in [0.5, 0.6) is 0 Å². The summed E-state index contributed by atoms with van der Waals surface area (Å²) in [7, 11) is 0.